The highest BCUT2D eigenvalue weighted by atomic mass is 16.5. The Kier molecular flexibility index (Phi) is 2.12. The lowest BCUT2D eigenvalue weighted by atomic mass is 9.74. The standard InChI is InChI=1S/C13H14N2O/c14-8-10-1-2-12-11(7-10)13(9-16-12)3-5-15-6-4-13/h1-2,7,15H,3-6,9H2. The lowest BCUT2D eigenvalue weighted by Gasteiger charge is -2.32. The van der Waals surface area contributed by atoms with Crippen LogP contribution in [0.3, 0.4) is 0 Å². The van der Waals surface area contributed by atoms with Crippen molar-refractivity contribution in [3.63, 3.8) is 0 Å². The Morgan fingerprint density at radius 1 is 1.31 bits per heavy atom. The van der Waals surface area contributed by atoms with E-state index in [2.05, 4.69) is 11.4 Å². The summed E-state index contributed by atoms with van der Waals surface area (Å²) in [4.78, 5) is 0. The van der Waals surface area contributed by atoms with Gasteiger partial charge in [-0.15, -0.1) is 0 Å². The first-order valence-corrected chi connectivity index (χ1v) is 5.72. The molecule has 3 nitrogen and oxygen atoms in total. The Labute approximate surface area is 95.0 Å². The number of piperidine rings is 1. The minimum absolute atomic E-state index is 0.160. The summed E-state index contributed by atoms with van der Waals surface area (Å²) in [5.74, 6) is 0.973. The zero-order valence-electron chi connectivity index (χ0n) is 9.12. The number of nitriles is 1. The van der Waals surface area contributed by atoms with E-state index in [1.54, 1.807) is 0 Å². The van der Waals surface area contributed by atoms with E-state index in [-0.39, 0.29) is 5.41 Å². The molecule has 1 N–H and O–H groups in total. The predicted molar refractivity (Wildman–Crippen MR) is 60.4 cm³/mol. The van der Waals surface area contributed by atoms with E-state index in [0.717, 1.165) is 43.9 Å². The quantitative estimate of drug-likeness (QED) is 0.713. The first-order valence-electron chi connectivity index (χ1n) is 5.72. The number of rotatable bonds is 0. The summed E-state index contributed by atoms with van der Waals surface area (Å²) in [5, 5.41) is 12.3. The zero-order chi connectivity index (χ0) is 11.0. The molecule has 82 valence electrons. The maximum absolute atomic E-state index is 8.95. The minimum atomic E-state index is 0.160. The van der Waals surface area contributed by atoms with Gasteiger partial charge in [-0.25, -0.2) is 0 Å². The van der Waals surface area contributed by atoms with E-state index >= 15 is 0 Å². The molecule has 0 saturated carbocycles. The van der Waals surface area contributed by atoms with Gasteiger partial charge in [-0.1, -0.05) is 0 Å². The van der Waals surface area contributed by atoms with Crippen molar-refractivity contribution < 1.29 is 4.74 Å². The number of benzene rings is 1. The van der Waals surface area contributed by atoms with Gasteiger partial charge in [0.05, 0.1) is 18.2 Å². The van der Waals surface area contributed by atoms with E-state index in [4.69, 9.17) is 10.00 Å². The zero-order valence-corrected chi connectivity index (χ0v) is 9.12. The van der Waals surface area contributed by atoms with E-state index in [1.807, 2.05) is 18.2 Å². The van der Waals surface area contributed by atoms with Crippen LogP contribution in [-0.4, -0.2) is 19.7 Å². The van der Waals surface area contributed by atoms with Gasteiger partial charge in [0.1, 0.15) is 5.75 Å². The Bertz CT molecular complexity index is 450. The summed E-state index contributed by atoms with van der Waals surface area (Å²) in [7, 11) is 0. The van der Waals surface area contributed by atoms with Crippen LogP contribution in [0.1, 0.15) is 24.0 Å². The number of nitrogens with one attached hydrogen (secondary N) is 1. The van der Waals surface area contributed by atoms with Crippen molar-refractivity contribution in [2.24, 2.45) is 0 Å². The van der Waals surface area contributed by atoms with Gasteiger partial charge in [0.2, 0.25) is 0 Å². The fraction of sp³-hybridized carbons (Fsp3) is 0.462. The Balaban J connectivity index is 2.06. The summed E-state index contributed by atoms with van der Waals surface area (Å²) >= 11 is 0. The molecular weight excluding hydrogens is 200 g/mol. The van der Waals surface area contributed by atoms with Gasteiger partial charge in [0.15, 0.2) is 0 Å². The molecule has 2 heterocycles. The molecule has 2 aliphatic rings. The molecule has 0 radical (unpaired) electrons. The predicted octanol–water partition coefficient (Wildman–Crippen LogP) is 1.57. The molecule has 16 heavy (non-hydrogen) atoms. The normalized spacial score (nSPS) is 21.2. The molecule has 1 spiro atoms. The highest BCUT2D eigenvalue weighted by Crippen LogP contribution is 2.44. The maximum atomic E-state index is 8.95. The SMILES string of the molecule is N#Cc1ccc2c(c1)C1(CCNCC1)CO2. The molecule has 0 amide bonds. The first-order chi connectivity index (χ1) is 7.84. The van der Waals surface area contributed by atoms with Crippen molar-refractivity contribution in [2.75, 3.05) is 19.7 Å². The molecule has 1 fully saturated rings. The van der Waals surface area contributed by atoms with Crippen molar-refractivity contribution in [1.29, 1.82) is 5.26 Å². The lowest BCUT2D eigenvalue weighted by molar-refractivity contribution is 0.220. The smallest absolute Gasteiger partial charge is 0.123 e. The van der Waals surface area contributed by atoms with Crippen LogP contribution < -0.4 is 10.1 Å². The topological polar surface area (TPSA) is 45.0 Å². The average Bonchev–Trinajstić information content (AvgIpc) is 2.69. The molecule has 0 unspecified atom stereocenters. The molecule has 1 aromatic rings. The number of fused-ring (bicyclic) bond motifs is 2. The summed E-state index contributed by atoms with van der Waals surface area (Å²) < 4.78 is 5.75. The van der Waals surface area contributed by atoms with E-state index in [0.29, 0.717) is 0 Å². The number of hydrogen-bond acceptors (Lipinski definition) is 3. The Morgan fingerprint density at radius 2 is 2.12 bits per heavy atom. The van der Waals surface area contributed by atoms with Crippen LogP contribution in [0.25, 0.3) is 0 Å². The third-order valence-electron chi connectivity index (χ3n) is 3.74. The second-order valence-corrected chi connectivity index (χ2v) is 4.64. The minimum Gasteiger partial charge on any atom is -0.492 e. The molecular formula is C13H14N2O. The molecule has 1 aromatic carbocycles. The number of hydrogen-bond donors (Lipinski definition) is 1. The highest BCUT2D eigenvalue weighted by molar-refractivity contribution is 5.49. The molecule has 1 saturated heterocycles. The fourth-order valence-electron chi connectivity index (χ4n) is 2.75. The summed E-state index contributed by atoms with van der Waals surface area (Å²) in [5.41, 5.74) is 2.14. The van der Waals surface area contributed by atoms with Crippen molar-refractivity contribution in [2.45, 2.75) is 18.3 Å². The summed E-state index contributed by atoms with van der Waals surface area (Å²) in [6.07, 6.45) is 2.21. The van der Waals surface area contributed by atoms with Crippen LogP contribution in [0, 0.1) is 11.3 Å². The maximum Gasteiger partial charge on any atom is 0.123 e. The van der Waals surface area contributed by atoms with Crippen molar-refractivity contribution in [3.05, 3.63) is 29.3 Å². The molecule has 0 bridgehead atoms. The molecule has 0 aliphatic carbocycles. The second kappa shape index (κ2) is 3.50. The lowest BCUT2D eigenvalue weighted by Crippen LogP contribution is -2.40. The van der Waals surface area contributed by atoms with Crippen molar-refractivity contribution in [1.82, 2.24) is 5.32 Å². The van der Waals surface area contributed by atoms with Crippen LogP contribution in [0.15, 0.2) is 18.2 Å². The van der Waals surface area contributed by atoms with Gasteiger partial charge in [0.25, 0.3) is 0 Å². The molecule has 3 rings (SSSR count). The first kappa shape index (κ1) is 9.68. The molecule has 0 atom stereocenters. The largest absolute Gasteiger partial charge is 0.492 e. The van der Waals surface area contributed by atoms with Crippen molar-refractivity contribution in [3.8, 4) is 11.8 Å². The van der Waals surface area contributed by atoms with Gasteiger partial charge < -0.3 is 10.1 Å². The summed E-state index contributed by atoms with van der Waals surface area (Å²) in [6.45, 7) is 2.86. The second-order valence-electron chi connectivity index (χ2n) is 4.64. The molecule has 3 heteroatoms. The van der Waals surface area contributed by atoms with E-state index in [1.165, 1.54) is 5.56 Å². The monoisotopic (exact) mass is 214 g/mol. The highest BCUT2D eigenvalue weighted by Gasteiger charge is 2.41. The van der Waals surface area contributed by atoms with Crippen LogP contribution in [0.2, 0.25) is 0 Å². The van der Waals surface area contributed by atoms with Crippen molar-refractivity contribution >= 4 is 0 Å². The van der Waals surface area contributed by atoms with Gasteiger partial charge in [0, 0.05) is 11.0 Å². The van der Waals surface area contributed by atoms with E-state index < -0.39 is 0 Å². The van der Waals surface area contributed by atoms with Gasteiger partial charge in [-0.2, -0.15) is 5.26 Å². The summed E-state index contributed by atoms with van der Waals surface area (Å²) in [6, 6.07) is 7.98. The van der Waals surface area contributed by atoms with Gasteiger partial charge in [-0.05, 0) is 44.1 Å². The van der Waals surface area contributed by atoms with Crippen LogP contribution in [-0.2, 0) is 5.41 Å². The fourth-order valence-corrected chi connectivity index (χ4v) is 2.75. The van der Waals surface area contributed by atoms with Crippen LogP contribution in [0.5, 0.6) is 5.75 Å². The third kappa shape index (κ3) is 1.30. The van der Waals surface area contributed by atoms with Crippen LogP contribution >= 0.6 is 0 Å². The van der Waals surface area contributed by atoms with Gasteiger partial charge in [-0.3, -0.25) is 0 Å². The average molecular weight is 214 g/mol. The molecule has 2 aliphatic heterocycles. The van der Waals surface area contributed by atoms with Crippen LogP contribution in [0.4, 0.5) is 0 Å². The third-order valence-corrected chi connectivity index (χ3v) is 3.74. The Hall–Kier alpha value is -1.53. The van der Waals surface area contributed by atoms with E-state index in [9.17, 15) is 0 Å². The molecule has 0 aromatic heterocycles. The number of ether oxygens (including phenoxy) is 1. The van der Waals surface area contributed by atoms with Gasteiger partial charge >= 0.3 is 0 Å². The number of nitrogens with zero attached hydrogens (tertiary/aromatic N) is 1. The Morgan fingerprint density at radius 3 is 2.88 bits per heavy atom.